The van der Waals surface area contributed by atoms with Crippen molar-refractivity contribution < 1.29 is 4.74 Å². The van der Waals surface area contributed by atoms with E-state index in [0.29, 0.717) is 0 Å². The fourth-order valence-electron chi connectivity index (χ4n) is 6.17. The van der Waals surface area contributed by atoms with Crippen LogP contribution < -0.4 is 19.4 Å². The van der Waals surface area contributed by atoms with Crippen LogP contribution in [0.1, 0.15) is 62.1 Å². The maximum atomic E-state index is 5.97. The topological polar surface area (TPSA) is 48.0 Å². The summed E-state index contributed by atoms with van der Waals surface area (Å²) in [6, 6.07) is 6.79. The van der Waals surface area contributed by atoms with Crippen molar-refractivity contribution in [2.45, 2.75) is 65.7 Å². The highest BCUT2D eigenvalue weighted by Crippen LogP contribution is 2.29. The van der Waals surface area contributed by atoms with Gasteiger partial charge >= 0.3 is 0 Å². The van der Waals surface area contributed by atoms with E-state index in [1.54, 1.807) is 0 Å². The van der Waals surface area contributed by atoms with Crippen LogP contribution in [0.15, 0.2) is 18.2 Å². The zero-order valence-corrected chi connectivity index (χ0v) is 23.3. The predicted molar refractivity (Wildman–Crippen MR) is 154 cm³/mol. The van der Waals surface area contributed by atoms with Gasteiger partial charge in [0.25, 0.3) is 0 Å². The summed E-state index contributed by atoms with van der Waals surface area (Å²) in [6.45, 7) is 17.0. The Kier molecular flexibility index (Phi) is 8.70. The lowest BCUT2D eigenvalue weighted by molar-refractivity contribution is 0.252. The molecule has 3 fully saturated rings. The maximum Gasteiger partial charge on any atom is 0.229 e. The highest BCUT2D eigenvalue weighted by Gasteiger charge is 2.24. The molecule has 7 nitrogen and oxygen atoms in total. The highest BCUT2D eigenvalue weighted by atomic mass is 16.5. The summed E-state index contributed by atoms with van der Waals surface area (Å²) in [5, 5.41) is 0. The molecular weight excluding hydrogens is 460 g/mol. The van der Waals surface area contributed by atoms with Crippen LogP contribution in [0.4, 0.5) is 17.6 Å². The summed E-state index contributed by atoms with van der Waals surface area (Å²) >= 11 is 0. The van der Waals surface area contributed by atoms with Gasteiger partial charge in [0.05, 0.1) is 6.61 Å². The van der Waals surface area contributed by atoms with E-state index in [1.165, 1.54) is 61.8 Å². The molecule has 3 aliphatic rings. The SMILES string of the molecule is CCOc1c(C)cc(C)cc1CCCCN1CCN(c2cc(N3CCCC3)nc(N3CCCC3)n2)CC1. The molecule has 1 aromatic carbocycles. The maximum absolute atomic E-state index is 5.97. The van der Waals surface area contributed by atoms with Crippen molar-refractivity contribution in [3.8, 4) is 5.75 Å². The smallest absolute Gasteiger partial charge is 0.229 e. The molecule has 0 spiro atoms. The molecule has 202 valence electrons. The molecule has 37 heavy (non-hydrogen) atoms. The number of hydrogen-bond donors (Lipinski definition) is 0. The van der Waals surface area contributed by atoms with Gasteiger partial charge in [-0.05, 0) is 83.4 Å². The number of aromatic nitrogens is 2. The summed E-state index contributed by atoms with van der Waals surface area (Å²) in [7, 11) is 0. The number of benzene rings is 1. The molecule has 0 saturated carbocycles. The third-order valence-corrected chi connectivity index (χ3v) is 8.16. The van der Waals surface area contributed by atoms with Crippen molar-refractivity contribution in [2.75, 3.05) is 80.2 Å². The Labute approximate surface area is 223 Å². The average molecular weight is 507 g/mol. The zero-order chi connectivity index (χ0) is 25.6. The third kappa shape index (κ3) is 6.49. The second-order valence-corrected chi connectivity index (χ2v) is 11.1. The molecule has 3 saturated heterocycles. The van der Waals surface area contributed by atoms with E-state index in [4.69, 9.17) is 14.7 Å². The lowest BCUT2D eigenvalue weighted by atomic mass is 10.0. The second-order valence-electron chi connectivity index (χ2n) is 11.1. The molecule has 1 aromatic heterocycles. The van der Waals surface area contributed by atoms with E-state index in [2.05, 4.69) is 58.6 Å². The van der Waals surface area contributed by atoms with Crippen molar-refractivity contribution in [3.05, 3.63) is 34.9 Å². The van der Waals surface area contributed by atoms with E-state index < -0.39 is 0 Å². The van der Waals surface area contributed by atoms with E-state index in [0.717, 1.165) is 88.7 Å². The van der Waals surface area contributed by atoms with Crippen molar-refractivity contribution in [2.24, 2.45) is 0 Å². The normalized spacial score (nSPS) is 18.7. The van der Waals surface area contributed by atoms with E-state index >= 15 is 0 Å². The standard InChI is InChI=1S/C30H46N6O/c1-4-37-29-25(3)21-24(2)22-26(29)11-5-6-12-33-17-19-35(20-18-33)28-23-27(34-13-7-8-14-34)31-30(32-28)36-15-9-10-16-36/h21-23H,4-20H2,1-3H3. The number of anilines is 3. The Hall–Kier alpha value is -2.54. The lowest BCUT2D eigenvalue weighted by Crippen LogP contribution is -2.47. The molecule has 7 heteroatoms. The minimum atomic E-state index is 0.729. The van der Waals surface area contributed by atoms with Crippen LogP contribution in [0.2, 0.25) is 0 Å². The van der Waals surface area contributed by atoms with Gasteiger partial charge < -0.3 is 19.4 Å². The highest BCUT2D eigenvalue weighted by molar-refractivity contribution is 5.56. The van der Waals surface area contributed by atoms with Crippen molar-refractivity contribution >= 4 is 17.6 Å². The van der Waals surface area contributed by atoms with Gasteiger partial charge in [0, 0.05) is 58.4 Å². The number of nitrogens with zero attached hydrogens (tertiary/aromatic N) is 6. The first-order valence-electron chi connectivity index (χ1n) is 14.7. The summed E-state index contributed by atoms with van der Waals surface area (Å²) in [4.78, 5) is 20.0. The summed E-state index contributed by atoms with van der Waals surface area (Å²) in [6.07, 6.45) is 8.57. The Balaban J connectivity index is 1.14. The molecule has 0 bridgehead atoms. The summed E-state index contributed by atoms with van der Waals surface area (Å²) in [5.74, 6) is 4.30. The first-order valence-corrected chi connectivity index (χ1v) is 14.7. The van der Waals surface area contributed by atoms with Crippen LogP contribution >= 0.6 is 0 Å². The fourth-order valence-corrected chi connectivity index (χ4v) is 6.17. The summed E-state index contributed by atoms with van der Waals surface area (Å²) < 4.78 is 5.97. The molecule has 0 radical (unpaired) electrons. The van der Waals surface area contributed by atoms with Gasteiger partial charge in [-0.25, -0.2) is 0 Å². The third-order valence-electron chi connectivity index (χ3n) is 8.16. The minimum Gasteiger partial charge on any atom is -0.493 e. The Bertz CT molecular complexity index is 989. The second kappa shape index (κ2) is 12.3. The molecule has 0 amide bonds. The first kappa shape index (κ1) is 26.1. The summed E-state index contributed by atoms with van der Waals surface area (Å²) in [5.41, 5.74) is 3.96. The molecule has 0 aliphatic carbocycles. The predicted octanol–water partition coefficient (Wildman–Crippen LogP) is 4.84. The first-order chi connectivity index (χ1) is 18.1. The number of ether oxygens (including phenoxy) is 1. The van der Waals surface area contributed by atoms with Gasteiger partial charge in [-0.1, -0.05) is 17.7 Å². The Morgan fingerprint density at radius 3 is 2.00 bits per heavy atom. The fraction of sp³-hybridized carbons (Fsp3) is 0.667. The van der Waals surface area contributed by atoms with Gasteiger partial charge in [0.1, 0.15) is 17.4 Å². The zero-order valence-electron chi connectivity index (χ0n) is 23.3. The van der Waals surface area contributed by atoms with Crippen LogP contribution in [-0.4, -0.2) is 80.4 Å². The van der Waals surface area contributed by atoms with Gasteiger partial charge in [-0.15, -0.1) is 0 Å². The van der Waals surface area contributed by atoms with E-state index in [-0.39, 0.29) is 0 Å². The largest absolute Gasteiger partial charge is 0.493 e. The van der Waals surface area contributed by atoms with Gasteiger partial charge in [-0.2, -0.15) is 9.97 Å². The van der Waals surface area contributed by atoms with Crippen LogP contribution in [-0.2, 0) is 6.42 Å². The van der Waals surface area contributed by atoms with Crippen LogP contribution in [0.25, 0.3) is 0 Å². The Morgan fingerprint density at radius 2 is 1.35 bits per heavy atom. The van der Waals surface area contributed by atoms with Gasteiger partial charge in [0.2, 0.25) is 5.95 Å². The number of aryl methyl sites for hydroxylation is 3. The number of unbranched alkanes of at least 4 members (excludes halogenated alkanes) is 1. The number of hydrogen-bond acceptors (Lipinski definition) is 7. The van der Waals surface area contributed by atoms with Crippen LogP contribution in [0.3, 0.4) is 0 Å². The Morgan fingerprint density at radius 1 is 0.730 bits per heavy atom. The minimum absolute atomic E-state index is 0.729. The van der Waals surface area contributed by atoms with Gasteiger partial charge in [0.15, 0.2) is 0 Å². The monoisotopic (exact) mass is 506 g/mol. The van der Waals surface area contributed by atoms with E-state index in [1.807, 2.05) is 0 Å². The van der Waals surface area contributed by atoms with Gasteiger partial charge in [-0.3, -0.25) is 4.90 Å². The molecule has 2 aromatic rings. The van der Waals surface area contributed by atoms with Crippen LogP contribution in [0.5, 0.6) is 5.75 Å². The molecule has 4 heterocycles. The molecule has 5 rings (SSSR count). The molecule has 0 unspecified atom stereocenters. The number of rotatable bonds is 10. The van der Waals surface area contributed by atoms with Crippen LogP contribution in [0, 0.1) is 13.8 Å². The molecular formula is C30H46N6O. The lowest BCUT2D eigenvalue weighted by Gasteiger charge is -2.36. The van der Waals surface area contributed by atoms with Crippen molar-refractivity contribution in [1.82, 2.24) is 14.9 Å². The average Bonchev–Trinajstić information content (AvgIpc) is 3.64. The molecule has 0 atom stereocenters. The van der Waals surface area contributed by atoms with E-state index in [9.17, 15) is 0 Å². The number of piperazine rings is 1. The van der Waals surface area contributed by atoms with Crippen molar-refractivity contribution in [1.29, 1.82) is 0 Å². The van der Waals surface area contributed by atoms with Crippen molar-refractivity contribution in [3.63, 3.8) is 0 Å². The molecule has 0 N–H and O–H groups in total. The quantitative estimate of drug-likeness (QED) is 0.428. The molecule has 3 aliphatic heterocycles.